The number of esters is 1. The van der Waals surface area contributed by atoms with Gasteiger partial charge in [0.25, 0.3) is 0 Å². The van der Waals surface area contributed by atoms with Crippen LogP contribution < -0.4 is 10.5 Å². The number of nitrogen functional groups attached to an aromatic ring is 1. The number of methoxy groups -OCH3 is 1. The Kier molecular flexibility index (Phi) is 5.96. The summed E-state index contributed by atoms with van der Waals surface area (Å²) in [6.45, 7) is 0.526. The van der Waals surface area contributed by atoms with Crippen molar-refractivity contribution < 1.29 is 24.1 Å². The van der Waals surface area contributed by atoms with Gasteiger partial charge in [-0.15, -0.1) is 0 Å². The molecule has 0 aliphatic rings. The molecule has 0 aromatic heterocycles. The molecule has 0 unspecified atom stereocenters. The molecular weight excluding hydrogens is 238 g/mol. The highest BCUT2D eigenvalue weighted by Gasteiger charge is 2.13. The van der Waals surface area contributed by atoms with Crippen LogP contribution in [0.15, 0.2) is 18.2 Å². The van der Waals surface area contributed by atoms with Crippen molar-refractivity contribution in [2.45, 2.75) is 0 Å². The molecule has 0 amide bonds. The van der Waals surface area contributed by atoms with Crippen molar-refractivity contribution in [1.82, 2.24) is 0 Å². The molecule has 0 spiro atoms. The molecule has 0 aliphatic heterocycles. The molecule has 18 heavy (non-hydrogen) atoms. The van der Waals surface area contributed by atoms with Gasteiger partial charge in [0, 0.05) is 11.8 Å². The monoisotopic (exact) mass is 255 g/mol. The van der Waals surface area contributed by atoms with Crippen LogP contribution in [0.1, 0.15) is 10.4 Å². The van der Waals surface area contributed by atoms with Crippen LogP contribution in [0.4, 0.5) is 5.69 Å². The van der Waals surface area contributed by atoms with E-state index in [0.29, 0.717) is 17.0 Å². The maximum Gasteiger partial charge on any atom is 0.342 e. The molecule has 1 rings (SSSR count). The Hall–Kier alpha value is -1.79. The van der Waals surface area contributed by atoms with Crippen LogP contribution in [0.5, 0.6) is 5.75 Å². The summed E-state index contributed by atoms with van der Waals surface area (Å²) in [5.41, 5.74) is 6.41. The SMILES string of the molecule is COc1cc(N)ccc1C(=O)OCCOCCO. The zero-order valence-electron chi connectivity index (χ0n) is 10.2. The van der Waals surface area contributed by atoms with Crippen LogP contribution >= 0.6 is 0 Å². The average Bonchev–Trinajstić information content (AvgIpc) is 2.38. The quantitative estimate of drug-likeness (QED) is 0.417. The standard InChI is InChI=1S/C12H17NO5/c1-16-11-8-9(13)2-3-10(11)12(15)18-7-6-17-5-4-14/h2-3,8,14H,4-7,13H2,1H3. The van der Waals surface area contributed by atoms with Gasteiger partial charge in [-0.25, -0.2) is 4.79 Å². The van der Waals surface area contributed by atoms with E-state index >= 15 is 0 Å². The highest BCUT2D eigenvalue weighted by Crippen LogP contribution is 2.22. The minimum atomic E-state index is -0.501. The predicted molar refractivity (Wildman–Crippen MR) is 65.6 cm³/mol. The van der Waals surface area contributed by atoms with Crippen molar-refractivity contribution in [2.75, 3.05) is 39.3 Å². The van der Waals surface area contributed by atoms with Gasteiger partial charge in [-0.3, -0.25) is 0 Å². The van der Waals surface area contributed by atoms with E-state index < -0.39 is 5.97 Å². The molecule has 0 atom stereocenters. The van der Waals surface area contributed by atoms with Crippen LogP contribution in [-0.2, 0) is 9.47 Å². The summed E-state index contributed by atoms with van der Waals surface area (Å²) in [6, 6.07) is 4.70. The lowest BCUT2D eigenvalue weighted by atomic mass is 10.2. The number of hydrogen-bond acceptors (Lipinski definition) is 6. The van der Waals surface area contributed by atoms with Crippen molar-refractivity contribution in [3.05, 3.63) is 23.8 Å². The molecule has 1 aromatic rings. The number of aliphatic hydroxyl groups excluding tert-OH is 1. The van der Waals surface area contributed by atoms with Gasteiger partial charge in [0.2, 0.25) is 0 Å². The van der Waals surface area contributed by atoms with Crippen molar-refractivity contribution in [2.24, 2.45) is 0 Å². The molecule has 0 saturated carbocycles. The topological polar surface area (TPSA) is 91.0 Å². The first kappa shape index (κ1) is 14.3. The summed E-state index contributed by atoms with van der Waals surface area (Å²) in [5.74, 6) is -0.129. The number of carbonyl (C=O) groups excluding carboxylic acids is 1. The van der Waals surface area contributed by atoms with E-state index in [1.807, 2.05) is 0 Å². The molecule has 0 aliphatic carbocycles. The number of aliphatic hydroxyl groups is 1. The highest BCUT2D eigenvalue weighted by molar-refractivity contribution is 5.93. The average molecular weight is 255 g/mol. The first-order valence-electron chi connectivity index (χ1n) is 5.48. The molecular formula is C12H17NO5. The van der Waals surface area contributed by atoms with Crippen LogP contribution in [0, 0.1) is 0 Å². The second kappa shape index (κ2) is 7.52. The summed E-state index contributed by atoms with van der Waals surface area (Å²) in [7, 11) is 1.45. The van der Waals surface area contributed by atoms with Gasteiger partial charge in [0.15, 0.2) is 0 Å². The Morgan fingerprint density at radius 2 is 2.11 bits per heavy atom. The second-order valence-electron chi connectivity index (χ2n) is 3.43. The largest absolute Gasteiger partial charge is 0.496 e. The fourth-order valence-electron chi connectivity index (χ4n) is 1.31. The molecule has 6 nitrogen and oxygen atoms in total. The molecule has 1 aromatic carbocycles. The maximum atomic E-state index is 11.7. The van der Waals surface area contributed by atoms with E-state index in [-0.39, 0.29) is 26.4 Å². The zero-order valence-corrected chi connectivity index (χ0v) is 10.2. The van der Waals surface area contributed by atoms with Crippen LogP contribution in [0.3, 0.4) is 0 Å². The summed E-state index contributed by atoms with van der Waals surface area (Å²) in [4.78, 5) is 11.7. The van der Waals surface area contributed by atoms with E-state index in [1.54, 1.807) is 18.2 Å². The number of nitrogens with two attached hydrogens (primary N) is 1. The minimum absolute atomic E-state index is 0.0558. The Morgan fingerprint density at radius 3 is 2.78 bits per heavy atom. The van der Waals surface area contributed by atoms with Gasteiger partial charge < -0.3 is 25.1 Å². The van der Waals surface area contributed by atoms with Crippen LogP contribution in [-0.4, -0.2) is 44.6 Å². The third-order valence-corrected chi connectivity index (χ3v) is 2.14. The lowest BCUT2D eigenvalue weighted by Gasteiger charge is -2.09. The second-order valence-corrected chi connectivity index (χ2v) is 3.43. The summed E-state index contributed by atoms with van der Waals surface area (Å²) >= 11 is 0. The molecule has 0 radical (unpaired) electrons. The Balaban J connectivity index is 2.51. The normalized spacial score (nSPS) is 10.1. The third kappa shape index (κ3) is 4.23. The van der Waals surface area contributed by atoms with Gasteiger partial charge in [-0.2, -0.15) is 0 Å². The summed E-state index contributed by atoms with van der Waals surface area (Å²) in [6.07, 6.45) is 0. The Labute approximate surface area is 105 Å². The summed E-state index contributed by atoms with van der Waals surface area (Å²) in [5, 5.41) is 8.49. The van der Waals surface area contributed by atoms with Crippen molar-refractivity contribution in [3.63, 3.8) is 0 Å². The third-order valence-electron chi connectivity index (χ3n) is 2.14. The van der Waals surface area contributed by atoms with Crippen LogP contribution in [0.25, 0.3) is 0 Å². The van der Waals surface area contributed by atoms with Gasteiger partial charge in [-0.1, -0.05) is 0 Å². The van der Waals surface area contributed by atoms with Gasteiger partial charge in [0.05, 0.1) is 26.9 Å². The number of rotatable bonds is 7. The molecule has 0 saturated heterocycles. The van der Waals surface area contributed by atoms with Gasteiger partial charge in [-0.05, 0) is 12.1 Å². The number of benzene rings is 1. The van der Waals surface area contributed by atoms with Crippen molar-refractivity contribution in [1.29, 1.82) is 0 Å². The van der Waals surface area contributed by atoms with E-state index in [9.17, 15) is 4.79 Å². The maximum absolute atomic E-state index is 11.7. The minimum Gasteiger partial charge on any atom is -0.496 e. The van der Waals surface area contributed by atoms with E-state index in [0.717, 1.165) is 0 Å². The van der Waals surface area contributed by atoms with Gasteiger partial charge in [0.1, 0.15) is 17.9 Å². The Bertz CT molecular complexity index is 394. The lowest BCUT2D eigenvalue weighted by Crippen LogP contribution is -2.13. The van der Waals surface area contributed by atoms with Crippen molar-refractivity contribution >= 4 is 11.7 Å². The molecule has 6 heteroatoms. The molecule has 0 fully saturated rings. The van der Waals surface area contributed by atoms with Crippen molar-refractivity contribution in [3.8, 4) is 5.75 Å². The first-order chi connectivity index (χ1) is 8.69. The van der Waals surface area contributed by atoms with Crippen LogP contribution in [0.2, 0.25) is 0 Å². The highest BCUT2D eigenvalue weighted by atomic mass is 16.6. The Morgan fingerprint density at radius 1 is 1.33 bits per heavy atom. The molecule has 3 N–H and O–H groups in total. The molecule has 100 valence electrons. The molecule has 0 bridgehead atoms. The number of anilines is 1. The first-order valence-corrected chi connectivity index (χ1v) is 5.48. The van der Waals surface area contributed by atoms with E-state index in [1.165, 1.54) is 7.11 Å². The van der Waals surface area contributed by atoms with E-state index in [2.05, 4.69) is 0 Å². The molecule has 0 heterocycles. The van der Waals surface area contributed by atoms with Gasteiger partial charge >= 0.3 is 5.97 Å². The predicted octanol–water partition coefficient (Wildman–Crippen LogP) is 0.443. The zero-order chi connectivity index (χ0) is 13.4. The fourth-order valence-corrected chi connectivity index (χ4v) is 1.31. The number of hydrogen-bond donors (Lipinski definition) is 2. The number of ether oxygens (including phenoxy) is 3. The smallest absolute Gasteiger partial charge is 0.342 e. The van der Waals surface area contributed by atoms with E-state index in [4.69, 9.17) is 25.1 Å². The number of carbonyl (C=O) groups is 1. The summed E-state index contributed by atoms with van der Waals surface area (Å²) < 4.78 is 15.0. The fraction of sp³-hybridized carbons (Fsp3) is 0.417. The lowest BCUT2D eigenvalue weighted by molar-refractivity contribution is 0.0256.